The zero-order valence-electron chi connectivity index (χ0n) is 19.2. The number of H-pyrrole nitrogens is 1. The predicted molar refractivity (Wildman–Crippen MR) is 119 cm³/mol. The largest absolute Gasteiger partial charge is 0.381 e. The minimum Gasteiger partial charge on any atom is -0.381 e. The molecule has 2 aliphatic rings. The third-order valence-electron chi connectivity index (χ3n) is 6.90. The first-order chi connectivity index (χ1) is 14.6. The molecule has 3 rings (SSSR count). The Bertz CT molecular complexity index is 635. The molecule has 1 aromatic heterocycles. The van der Waals surface area contributed by atoms with E-state index < -0.39 is 0 Å². The number of amides is 1. The van der Waals surface area contributed by atoms with Crippen molar-refractivity contribution in [3.8, 4) is 0 Å². The Labute approximate surface area is 181 Å². The van der Waals surface area contributed by atoms with Gasteiger partial charge in [-0.2, -0.15) is 5.10 Å². The van der Waals surface area contributed by atoms with E-state index in [0.29, 0.717) is 30.2 Å². The van der Waals surface area contributed by atoms with Crippen LogP contribution in [0.5, 0.6) is 0 Å². The number of rotatable bonds is 10. The summed E-state index contributed by atoms with van der Waals surface area (Å²) in [6.07, 6.45) is 9.20. The molecule has 1 aromatic rings. The lowest BCUT2D eigenvalue weighted by Gasteiger charge is -2.39. The van der Waals surface area contributed by atoms with Crippen LogP contribution in [0, 0.1) is 5.92 Å². The number of hydrogen-bond acceptors (Lipinski definition) is 5. The molecular formula is C23H41N5O2. The van der Waals surface area contributed by atoms with Gasteiger partial charge in [-0.05, 0) is 58.5 Å². The van der Waals surface area contributed by atoms with Gasteiger partial charge in [0.15, 0.2) is 0 Å². The van der Waals surface area contributed by atoms with E-state index in [9.17, 15) is 4.79 Å². The van der Waals surface area contributed by atoms with Crippen molar-refractivity contribution in [1.29, 1.82) is 0 Å². The van der Waals surface area contributed by atoms with E-state index in [-0.39, 0.29) is 0 Å². The average molecular weight is 420 g/mol. The first-order valence-corrected chi connectivity index (χ1v) is 11.8. The van der Waals surface area contributed by atoms with Crippen molar-refractivity contribution in [2.24, 2.45) is 5.92 Å². The first kappa shape index (κ1) is 23.2. The lowest BCUT2D eigenvalue weighted by molar-refractivity contribution is -0.135. The molecule has 0 atom stereocenters. The summed E-state index contributed by atoms with van der Waals surface area (Å²) in [7, 11) is 4.15. The molecule has 2 fully saturated rings. The van der Waals surface area contributed by atoms with Crippen molar-refractivity contribution in [2.75, 3.05) is 46.9 Å². The maximum absolute atomic E-state index is 12.7. The lowest BCUT2D eigenvalue weighted by atomic mass is 9.82. The second kappa shape index (κ2) is 11.8. The van der Waals surface area contributed by atoms with Gasteiger partial charge in [-0.25, -0.2) is 0 Å². The van der Waals surface area contributed by atoms with Crippen LogP contribution in [-0.2, 0) is 16.1 Å². The van der Waals surface area contributed by atoms with Gasteiger partial charge in [0.05, 0.1) is 6.20 Å². The fourth-order valence-corrected chi connectivity index (χ4v) is 5.01. The van der Waals surface area contributed by atoms with Crippen molar-refractivity contribution in [3.63, 3.8) is 0 Å². The molecule has 0 aromatic carbocycles. The molecule has 0 bridgehead atoms. The molecule has 7 heteroatoms. The minimum atomic E-state index is 0.318. The summed E-state index contributed by atoms with van der Waals surface area (Å²) in [4.78, 5) is 17.3. The SMILES string of the molecule is CCC(=O)N(CC1CCOCC1)C1CCC(c2[nH]ncc2CN(C)CCNC)CC1. The number of hydrogen-bond donors (Lipinski definition) is 2. The molecule has 0 radical (unpaired) electrons. The number of carbonyl (C=O) groups is 1. The monoisotopic (exact) mass is 419 g/mol. The highest BCUT2D eigenvalue weighted by Gasteiger charge is 2.32. The summed E-state index contributed by atoms with van der Waals surface area (Å²) in [5, 5.41) is 10.9. The van der Waals surface area contributed by atoms with Crippen LogP contribution in [0.25, 0.3) is 0 Å². The standard InChI is InChI=1S/C23H41N5O2/c1-4-22(29)28(16-18-9-13-30-14-10-18)21-7-5-19(6-8-21)23-20(15-25-26-23)17-27(3)12-11-24-2/h15,18-19,21,24H,4-14,16-17H2,1-3H3,(H,25,26). The molecule has 2 heterocycles. The molecule has 0 unspecified atom stereocenters. The fraction of sp³-hybridized carbons (Fsp3) is 0.826. The maximum atomic E-state index is 12.7. The molecule has 30 heavy (non-hydrogen) atoms. The highest BCUT2D eigenvalue weighted by atomic mass is 16.5. The van der Waals surface area contributed by atoms with Crippen LogP contribution in [0.15, 0.2) is 6.20 Å². The lowest BCUT2D eigenvalue weighted by Crippen LogP contribution is -2.45. The Morgan fingerprint density at radius 1 is 1.23 bits per heavy atom. The zero-order valence-corrected chi connectivity index (χ0v) is 19.2. The van der Waals surface area contributed by atoms with E-state index in [0.717, 1.165) is 77.9 Å². The molecule has 2 N–H and O–H groups in total. The van der Waals surface area contributed by atoms with Crippen molar-refractivity contribution in [3.05, 3.63) is 17.5 Å². The first-order valence-electron chi connectivity index (χ1n) is 11.8. The van der Waals surface area contributed by atoms with Crippen LogP contribution < -0.4 is 5.32 Å². The van der Waals surface area contributed by atoms with Gasteiger partial charge >= 0.3 is 0 Å². The van der Waals surface area contributed by atoms with Crippen LogP contribution in [0.3, 0.4) is 0 Å². The Hall–Kier alpha value is -1.44. The summed E-state index contributed by atoms with van der Waals surface area (Å²) in [6, 6.07) is 0.390. The Kier molecular flexibility index (Phi) is 9.15. The average Bonchev–Trinajstić information content (AvgIpc) is 3.24. The van der Waals surface area contributed by atoms with Gasteiger partial charge in [-0.3, -0.25) is 9.89 Å². The van der Waals surface area contributed by atoms with Gasteiger partial charge in [0.2, 0.25) is 5.91 Å². The Morgan fingerprint density at radius 3 is 2.63 bits per heavy atom. The van der Waals surface area contributed by atoms with Crippen LogP contribution in [0.2, 0.25) is 0 Å². The number of nitrogens with zero attached hydrogens (tertiary/aromatic N) is 3. The quantitative estimate of drug-likeness (QED) is 0.610. The minimum absolute atomic E-state index is 0.318. The third kappa shape index (κ3) is 6.28. The zero-order chi connectivity index (χ0) is 21.3. The molecule has 1 aliphatic carbocycles. The van der Waals surface area contributed by atoms with E-state index in [4.69, 9.17) is 4.74 Å². The molecule has 170 valence electrons. The molecule has 1 aliphatic heterocycles. The summed E-state index contributed by atoms with van der Waals surface area (Å²) >= 11 is 0. The summed E-state index contributed by atoms with van der Waals surface area (Å²) in [5.74, 6) is 1.44. The summed E-state index contributed by atoms with van der Waals surface area (Å²) < 4.78 is 5.51. The van der Waals surface area contributed by atoms with E-state index in [1.54, 1.807) is 0 Å². The predicted octanol–water partition coefficient (Wildman–Crippen LogP) is 2.75. The van der Waals surface area contributed by atoms with Crippen molar-refractivity contribution < 1.29 is 9.53 Å². The van der Waals surface area contributed by atoms with Gasteiger partial charge in [0, 0.05) is 69.0 Å². The molecule has 7 nitrogen and oxygen atoms in total. The van der Waals surface area contributed by atoms with E-state index in [1.165, 1.54) is 11.3 Å². The van der Waals surface area contributed by atoms with Crippen molar-refractivity contribution >= 4 is 5.91 Å². The molecule has 1 amide bonds. The van der Waals surface area contributed by atoms with Crippen LogP contribution in [0.4, 0.5) is 0 Å². The van der Waals surface area contributed by atoms with Crippen LogP contribution >= 0.6 is 0 Å². The second-order valence-electron chi connectivity index (χ2n) is 9.11. The molecule has 0 spiro atoms. The van der Waals surface area contributed by atoms with Gasteiger partial charge in [0.1, 0.15) is 0 Å². The summed E-state index contributed by atoms with van der Waals surface area (Å²) in [6.45, 7) is 7.53. The van der Waals surface area contributed by atoms with E-state index >= 15 is 0 Å². The number of nitrogens with one attached hydrogen (secondary N) is 2. The highest BCUT2D eigenvalue weighted by Crippen LogP contribution is 2.36. The number of ether oxygens (including phenoxy) is 1. The van der Waals surface area contributed by atoms with Crippen LogP contribution in [-0.4, -0.2) is 78.9 Å². The molecule has 1 saturated heterocycles. The fourth-order valence-electron chi connectivity index (χ4n) is 5.01. The van der Waals surface area contributed by atoms with Gasteiger partial charge < -0.3 is 19.9 Å². The highest BCUT2D eigenvalue weighted by molar-refractivity contribution is 5.76. The normalized spacial score (nSPS) is 23.1. The van der Waals surface area contributed by atoms with Crippen LogP contribution in [0.1, 0.15) is 69.0 Å². The smallest absolute Gasteiger partial charge is 0.222 e. The number of aromatic amines is 1. The van der Waals surface area contributed by atoms with E-state index in [2.05, 4.69) is 32.4 Å². The molecular weight excluding hydrogens is 378 g/mol. The number of likely N-dealkylation sites (N-methyl/N-ethyl adjacent to an activating group) is 2. The Morgan fingerprint density at radius 2 is 1.97 bits per heavy atom. The van der Waals surface area contributed by atoms with Gasteiger partial charge in [-0.15, -0.1) is 0 Å². The topological polar surface area (TPSA) is 73.5 Å². The van der Waals surface area contributed by atoms with Crippen molar-refractivity contribution in [2.45, 2.75) is 70.4 Å². The molecule has 1 saturated carbocycles. The van der Waals surface area contributed by atoms with E-state index in [1.807, 2.05) is 20.2 Å². The third-order valence-corrected chi connectivity index (χ3v) is 6.90. The van der Waals surface area contributed by atoms with Gasteiger partial charge in [-0.1, -0.05) is 6.92 Å². The summed E-state index contributed by atoms with van der Waals surface area (Å²) in [5.41, 5.74) is 2.63. The number of aromatic nitrogens is 2. The Balaban J connectivity index is 1.56. The van der Waals surface area contributed by atoms with Gasteiger partial charge in [0.25, 0.3) is 0 Å². The number of carbonyl (C=O) groups excluding carboxylic acids is 1. The maximum Gasteiger partial charge on any atom is 0.222 e. The van der Waals surface area contributed by atoms with Crippen molar-refractivity contribution in [1.82, 2.24) is 25.3 Å². The second-order valence-corrected chi connectivity index (χ2v) is 9.11.